The number of ether oxygens (including phenoxy) is 3. The molecule has 8 nitrogen and oxygen atoms in total. The van der Waals surface area contributed by atoms with Gasteiger partial charge < -0.3 is 19.5 Å². The molecule has 2 atom stereocenters. The summed E-state index contributed by atoms with van der Waals surface area (Å²) >= 11 is 0. The van der Waals surface area contributed by atoms with Crippen LogP contribution >= 0.6 is 0 Å². The third kappa shape index (κ3) is 5.46. The zero-order valence-corrected chi connectivity index (χ0v) is 13.1. The molecule has 2 rings (SSSR count). The Kier molecular flexibility index (Phi) is 6.25. The Morgan fingerprint density at radius 3 is 2.74 bits per heavy atom. The van der Waals surface area contributed by atoms with Gasteiger partial charge in [0.25, 0.3) is 5.91 Å². The highest BCUT2D eigenvalue weighted by Gasteiger charge is 2.24. The van der Waals surface area contributed by atoms with Gasteiger partial charge in [0.2, 0.25) is 5.76 Å². The van der Waals surface area contributed by atoms with Crippen LogP contribution in [0.1, 0.15) is 32.6 Å². The zero-order valence-electron chi connectivity index (χ0n) is 13.1. The molecule has 8 heteroatoms. The van der Waals surface area contributed by atoms with E-state index in [4.69, 9.17) is 14.2 Å². The number of carbonyl (C=O) groups excluding carboxylic acids is 3. The number of imide groups is 1. The molecule has 2 aliphatic rings. The van der Waals surface area contributed by atoms with Crippen LogP contribution in [0.5, 0.6) is 0 Å². The van der Waals surface area contributed by atoms with Crippen molar-refractivity contribution in [2.45, 2.75) is 38.6 Å². The molecule has 3 amide bonds. The van der Waals surface area contributed by atoms with Crippen LogP contribution in [0.2, 0.25) is 0 Å². The highest BCUT2D eigenvalue weighted by Crippen LogP contribution is 2.23. The van der Waals surface area contributed by atoms with Gasteiger partial charge in [-0.2, -0.15) is 0 Å². The first-order valence-corrected chi connectivity index (χ1v) is 7.78. The van der Waals surface area contributed by atoms with Crippen LogP contribution in [0.4, 0.5) is 4.79 Å². The van der Waals surface area contributed by atoms with Crippen molar-refractivity contribution >= 4 is 17.9 Å². The number of urea groups is 1. The Hall–Kier alpha value is -2.25. The van der Waals surface area contributed by atoms with E-state index in [-0.39, 0.29) is 18.4 Å². The largest absolute Gasteiger partial charge is 0.493 e. The molecule has 1 heterocycles. The van der Waals surface area contributed by atoms with E-state index in [1.54, 1.807) is 0 Å². The Labute approximate surface area is 134 Å². The molecule has 0 aromatic carbocycles. The lowest BCUT2D eigenvalue weighted by molar-refractivity contribution is -0.149. The molecule has 0 bridgehead atoms. The highest BCUT2D eigenvalue weighted by molar-refractivity contribution is 5.96. The van der Waals surface area contributed by atoms with Crippen LogP contribution in [0, 0.1) is 5.92 Å². The molecule has 0 aromatic heterocycles. The average Bonchev–Trinajstić information content (AvgIpc) is 2.55. The van der Waals surface area contributed by atoms with Crippen molar-refractivity contribution in [2.75, 3.05) is 19.8 Å². The number of nitrogens with one attached hydrogen (secondary N) is 2. The molecule has 0 saturated heterocycles. The standard InChI is InChI=1S/C15H22N2O6/c1-10-4-2-3-5-11(10)16-15(20)17-13(18)9-23-14(19)12-8-21-6-7-22-12/h8,10-11H,2-7,9H2,1H3,(H2,16,17,18,20)/t10-,11-/m0/s1. The van der Waals surface area contributed by atoms with Crippen LogP contribution in [-0.2, 0) is 23.8 Å². The van der Waals surface area contributed by atoms with E-state index in [1.807, 2.05) is 0 Å². The average molecular weight is 326 g/mol. The number of amides is 3. The van der Waals surface area contributed by atoms with Crippen molar-refractivity contribution in [2.24, 2.45) is 5.92 Å². The maximum atomic E-state index is 11.8. The summed E-state index contributed by atoms with van der Waals surface area (Å²) in [5, 5.41) is 4.93. The van der Waals surface area contributed by atoms with Gasteiger partial charge in [-0.25, -0.2) is 9.59 Å². The first kappa shape index (κ1) is 17.1. The van der Waals surface area contributed by atoms with Crippen LogP contribution in [-0.4, -0.2) is 43.8 Å². The summed E-state index contributed by atoms with van der Waals surface area (Å²) in [6.45, 7) is 2.12. The molecule has 0 unspecified atom stereocenters. The molecule has 1 aliphatic heterocycles. The molecule has 1 aliphatic carbocycles. The Morgan fingerprint density at radius 1 is 1.26 bits per heavy atom. The molecule has 1 saturated carbocycles. The summed E-state index contributed by atoms with van der Waals surface area (Å²) < 4.78 is 14.7. The predicted molar refractivity (Wildman–Crippen MR) is 79.0 cm³/mol. The third-order valence-electron chi connectivity index (χ3n) is 3.87. The number of hydrogen-bond donors (Lipinski definition) is 2. The van der Waals surface area contributed by atoms with E-state index in [0.717, 1.165) is 31.9 Å². The molecule has 23 heavy (non-hydrogen) atoms. The fraction of sp³-hybridized carbons (Fsp3) is 0.667. The van der Waals surface area contributed by atoms with Gasteiger partial charge in [-0.1, -0.05) is 19.8 Å². The zero-order chi connectivity index (χ0) is 16.7. The molecule has 2 N–H and O–H groups in total. The molecule has 1 fully saturated rings. The van der Waals surface area contributed by atoms with Gasteiger partial charge in [-0.3, -0.25) is 10.1 Å². The lowest BCUT2D eigenvalue weighted by Gasteiger charge is -2.29. The smallest absolute Gasteiger partial charge is 0.377 e. The SMILES string of the molecule is C[C@H]1CCCC[C@@H]1NC(=O)NC(=O)COC(=O)C1=COCCO1. The van der Waals surface area contributed by atoms with Crippen molar-refractivity contribution < 1.29 is 28.6 Å². The number of carbonyl (C=O) groups is 3. The van der Waals surface area contributed by atoms with Crippen LogP contribution in [0.25, 0.3) is 0 Å². The quantitative estimate of drug-likeness (QED) is 0.742. The molecule has 128 valence electrons. The van der Waals surface area contributed by atoms with E-state index in [2.05, 4.69) is 17.6 Å². The summed E-state index contributed by atoms with van der Waals surface area (Å²) in [4.78, 5) is 35.0. The Balaban J connectivity index is 1.68. The van der Waals surface area contributed by atoms with Gasteiger partial charge in [0.1, 0.15) is 19.5 Å². The fourth-order valence-corrected chi connectivity index (χ4v) is 2.58. The topological polar surface area (TPSA) is 103 Å². The van der Waals surface area contributed by atoms with Gasteiger partial charge in [0, 0.05) is 6.04 Å². The molecule has 0 spiro atoms. The van der Waals surface area contributed by atoms with Gasteiger partial charge in [0.15, 0.2) is 6.61 Å². The maximum Gasteiger partial charge on any atom is 0.377 e. The molecule has 0 aromatic rings. The second-order valence-corrected chi connectivity index (χ2v) is 5.67. The van der Waals surface area contributed by atoms with Crippen molar-refractivity contribution in [1.82, 2.24) is 10.6 Å². The van der Waals surface area contributed by atoms with Crippen LogP contribution < -0.4 is 10.6 Å². The highest BCUT2D eigenvalue weighted by atomic mass is 16.6. The Bertz CT molecular complexity index is 490. The van der Waals surface area contributed by atoms with Crippen molar-refractivity contribution in [3.05, 3.63) is 12.0 Å². The second kappa shape index (κ2) is 8.40. The van der Waals surface area contributed by atoms with Gasteiger partial charge >= 0.3 is 12.0 Å². The van der Waals surface area contributed by atoms with E-state index >= 15 is 0 Å². The number of hydrogen-bond acceptors (Lipinski definition) is 6. The summed E-state index contributed by atoms with van der Waals surface area (Å²) in [5.74, 6) is -1.21. The maximum absolute atomic E-state index is 11.8. The summed E-state index contributed by atoms with van der Waals surface area (Å²) in [6, 6.07) is -0.502. The molecule has 0 radical (unpaired) electrons. The minimum Gasteiger partial charge on any atom is -0.493 e. The minimum atomic E-state index is -0.804. The first-order valence-electron chi connectivity index (χ1n) is 7.78. The fourth-order valence-electron chi connectivity index (χ4n) is 2.58. The number of rotatable bonds is 4. The van der Waals surface area contributed by atoms with Crippen molar-refractivity contribution in [1.29, 1.82) is 0 Å². The van der Waals surface area contributed by atoms with E-state index in [9.17, 15) is 14.4 Å². The lowest BCUT2D eigenvalue weighted by atomic mass is 9.86. The van der Waals surface area contributed by atoms with E-state index in [0.29, 0.717) is 12.5 Å². The summed E-state index contributed by atoms with van der Waals surface area (Å²) in [6.07, 6.45) is 5.34. The van der Waals surface area contributed by atoms with Gasteiger partial charge in [0.05, 0.1) is 0 Å². The van der Waals surface area contributed by atoms with Gasteiger partial charge in [-0.05, 0) is 18.8 Å². The van der Waals surface area contributed by atoms with Crippen molar-refractivity contribution in [3.63, 3.8) is 0 Å². The predicted octanol–water partition coefficient (Wildman–Crippen LogP) is 0.822. The van der Waals surface area contributed by atoms with Gasteiger partial charge in [-0.15, -0.1) is 0 Å². The van der Waals surface area contributed by atoms with Crippen molar-refractivity contribution in [3.8, 4) is 0 Å². The second-order valence-electron chi connectivity index (χ2n) is 5.67. The van der Waals surface area contributed by atoms with E-state index < -0.39 is 24.5 Å². The molecular weight excluding hydrogens is 304 g/mol. The minimum absolute atomic E-state index is 0.0667. The summed E-state index contributed by atoms with van der Waals surface area (Å²) in [7, 11) is 0. The monoisotopic (exact) mass is 326 g/mol. The number of esters is 1. The normalized spacial score (nSPS) is 23.6. The lowest BCUT2D eigenvalue weighted by Crippen LogP contribution is -2.48. The van der Waals surface area contributed by atoms with Crippen LogP contribution in [0.15, 0.2) is 12.0 Å². The summed E-state index contributed by atoms with van der Waals surface area (Å²) in [5.41, 5.74) is 0. The van der Waals surface area contributed by atoms with E-state index in [1.165, 1.54) is 0 Å². The third-order valence-corrected chi connectivity index (χ3v) is 3.87. The first-order chi connectivity index (χ1) is 11.1. The Morgan fingerprint density at radius 2 is 2.04 bits per heavy atom. The molecular formula is C15H22N2O6. The van der Waals surface area contributed by atoms with Crippen LogP contribution in [0.3, 0.4) is 0 Å².